The number of benzene rings is 1. The first-order valence-electron chi connectivity index (χ1n) is 5.27. The first-order chi connectivity index (χ1) is 7.33. The lowest BCUT2D eigenvalue weighted by Gasteiger charge is -2.09. The van der Waals surface area contributed by atoms with Crippen molar-refractivity contribution in [3.05, 3.63) is 54.7 Å². The number of para-hydroxylation sites is 1. The molecule has 0 fully saturated rings. The van der Waals surface area contributed by atoms with Gasteiger partial charge in [-0.3, -0.25) is 0 Å². The molecule has 0 saturated carbocycles. The summed E-state index contributed by atoms with van der Waals surface area (Å²) in [4.78, 5) is 0. The third-order valence-electron chi connectivity index (χ3n) is 2.45. The van der Waals surface area contributed by atoms with Crippen molar-refractivity contribution in [1.82, 2.24) is 9.78 Å². The number of rotatable bonds is 3. The molecule has 0 atom stereocenters. The van der Waals surface area contributed by atoms with E-state index in [4.69, 9.17) is 0 Å². The highest BCUT2D eigenvalue weighted by molar-refractivity contribution is 5.43. The Morgan fingerprint density at radius 1 is 1.27 bits per heavy atom. The molecule has 15 heavy (non-hydrogen) atoms. The molecule has 1 aromatic heterocycles. The second-order valence-electron chi connectivity index (χ2n) is 3.61. The van der Waals surface area contributed by atoms with Crippen LogP contribution in [0.15, 0.2) is 36.5 Å². The van der Waals surface area contributed by atoms with Crippen molar-refractivity contribution in [1.29, 1.82) is 0 Å². The molecule has 77 valence electrons. The van der Waals surface area contributed by atoms with E-state index in [1.165, 1.54) is 5.69 Å². The normalized spacial score (nSPS) is 10.5. The fourth-order valence-electron chi connectivity index (χ4n) is 1.71. The molecule has 0 aliphatic heterocycles. The molecule has 2 aromatic rings. The summed E-state index contributed by atoms with van der Waals surface area (Å²) in [7, 11) is 0. The maximum absolute atomic E-state index is 4.34. The predicted molar refractivity (Wildman–Crippen MR) is 62.0 cm³/mol. The molecule has 0 aliphatic carbocycles. The Morgan fingerprint density at radius 3 is 2.80 bits per heavy atom. The SMILES string of the molecule is [CH2]c1ccccc1-n1nccc1CCC. The van der Waals surface area contributed by atoms with Crippen LogP contribution in [-0.4, -0.2) is 9.78 Å². The summed E-state index contributed by atoms with van der Waals surface area (Å²) in [6.45, 7) is 6.19. The molecule has 1 aromatic carbocycles. The quantitative estimate of drug-likeness (QED) is 0.743. The maximum atomic E-state index is 4.34. The number of aromatic nitrogens is 2. The Bertz CT molecular complexity index is 443. The predicted octanol–water partition coefficient (Wildman–Crippen LogP) is 3.01. The van der Waals surface area contributed by atoms with Crippen LogP contribution in [0.5, 0.6) is 0 Å². The topological polar surface area (TPSA) is 17.8 Å². The van der Waals surface area contributed by atoms with E-state index < -0.39 is 0 Å². The lowest BCUT2D eigenvalue weighted by molar-refractivity contribution is 0.773. The van der Waals surface area contributed by atoms with E-state index in [1.807, 2.05) is 29.1 Å². The van der Waals surface area contributed by atoms with Crippen LogP contribution in [0.1, 0.15) is 24.6 Å². The van der Waals surface area contributed by atoms with Gasteiger partial charge in [0.2, 0.25) is 0 Å². The molecule has 0 N–H and O–H groups in total. The Labute approximate surface area is 90.6 Å². The van der Waals surface area contributed by atoms with Gasteiger partial charge in [-0.1, -0.05) is 31.5 Å². The van der Waals surface area contributed by atoms with E-state index in [1.54, 1.807) is 0 Å². The Hall–Kier alpha value is -1.57. The Morgan fingerprint density at radius 2 is 2.07 bits per heavy atom. The lowest BCUT2D eigenvalue weighted by Crippen LogP contribution is -2.03. The van der Waals surface area contributed by atoms with E-state index in [2.05, 4.69) is 31.1 Å². The summed E-state index contributed by atoms with van der Waals surface area (Å²) in [5.41, 5.74) is 3.33. The molecular weight excluding hydrogens is 184 g/mol. The first kappa shape index (κ1) is 9.97. The third kappa shape index (κ3) is 1.94. The molecule has 1 heterocycles. The van der Waals surface area contributed by atoms with Crippen LogP contribution in [0.2, 0.25) is 0 Å². The van der Waals surface area contributed by atoms with Crippen molar-refractivity contribution < 1.29 is 0 Å². The molecule has 2 rings (SSSR count). The van der Waals surface area contributed by atoms with Gasteiger partial charge in [0.1, 0.15) is 0 Å². The third-order valence-corrected chi connectivity index (χ3v) is 2.45. The zero-order valence-electron chi connectivity index (χ0n) is 8.98. The van der Waals surface area contributed by atoms with Crippen molar-refractivity contribution >= 4 is 0 Å². The van der Waals surface area contributed by atoms with Crippen molar-refractivity contribution in [2.24, 2.45) is 0 Å². The van der Waals surface area contributed by atoms with Gasteiger partial charge in [0.05, 0.1) is 5.69 Å². The van der Waals surface area contributed by atoms with E-state index in [9.17, 15) is 0 Å². The summed E-state index contributed by atoms with van der Waals surface area (Å²) in [6, 6.07) is 10.1. The van der Waals surface area contributed by atoms with Crippen LogP contribution in [0, 0.1) is 6.92 Å². The van der Waals surface area contributed by atoms with Gasteiger partial charge >= 0.3 is 0 Å². The summed E-state index contributed by atoms with van der Waals surface area (Å²) in [5, 5.41) is 4.34. The molecule has 0 bridgehead atoms. The molecule has 0 spiro atoms. The maximum Gasteiger partial charge on any atom is 0.0680 e. The van der Waals surface area contributed by atoms with Gasteiger partial charge in [0, 0.05) is 11.9 Å². The number of hydrogen-bond acceptors (Lipinski definition) is 1. The average molecular weight is 199 g/mol. The second kappa shape index (κ2) is 4.30. The van der Waals surface area contributed by atoms with E-state index >= 15 is 0 Å². The van der Waals surface area contributed by atoms with Crippen molar-refractivity contribution in [3.8, 4) is 5.69 Å². The van der Waals surface area contributed by atoms with E-state index in [-0.39, 0.29) is 0 Å². The molecule has 1 radical (unpaired) electrons. The Kier molecular flexibility index (Phi) is 2.86. The van der Waals surface area contributed by atoms with Gasteiger partial charge in [-0.25, -0.2) is 4.68 Å². The van der Waals surface area contributed by atoms with Crippen LogP contribution >= 0.6 is 0 Å². The molecule has 2 nitrogen and oxygen atoms in total. The molecule has 0 amide bonds. The highest BCUT2D eigenvalue weighted by atomic mass is 15.3. The van der Waals surface area contributed by atoms with Crippen LogP contribution in [0.3, 0.4) is 0 Å². The van der Waals surface area contributed by atoms with Crippen molar-refractivity contribution in [2.45, 2.75) is 19.8 Å². The van der Waals surface area contributed by atoms with E-state index in [0.717, 1.165) is 24.1 Å². The van der Waals surface area contributed by atoms with Gasteiger partial charge in [-0.15, -0.1) is 0 Å². The molecule has 0 saturated heterocycles. The van der Waals surface area contributed by atoms with Gasteiger partial charge in [-0.05, 0) is 31.0 Å². The monoisotopic (exact) mass is 199 g/mol. The molecular formula is C13H15N2. The summed E-state index contributed by atoms with van der Waals surface area (Å²) in [6.07, 6.45) is 4.02. The van der Waals surface area contributed by atoms with Crippen molar-refractivity contribution in [2.75, 3.05) is 0 Å². The minimum Gasteiger partial charge on any atom is -0.238 e. The molecule has 0 aliphatic rings. The van der Waals surface area contributed by atoms with Gasteiger partial charge in [0.25, 0.3) is 0 Å². The van der Waals surface area contributed by atoms with Gasteiger partial charge < -0.3 is 0 Å². The number of aryl methyl sites for hydroxylation is 1. The summed E-state index contributed by atoms with van der Waals surface area (Å²) in [5.74, 6) is 0. The zero-order valence-corrected chi connectivity index (χ0v) is 8.98. The standard InChI is InChI=1S/C13H15N2/c1-3-6-12-9-10-14-15(12)13-8-5-4-7-11(13)2/h4-5,7-10H,2-3,6H2,1H3. The number of nitrogens with zero attached hydrogens (tertiary/aromatic N) is 2. The van der Waals surface area contributed by atoms with Crippen LogP contribution in [0.25, 0.3) is 5.69 Å². The van der Waals surface area contributed by atoms with Gasteiger partial charge in [-0.2, -0.15) is 5.10 Å². The minimum absolute atomic E-state index is 1.01. The van der Waals surface area contributed by atoms with Crippen LogP contribution < -0.4 is 0 Å². The zero-order chi connectivity index (χ0) is 10.7. The van der Waals surface area contributed by atoms with Crippen LogP contribution in [-0.2, 0) is 6.42 Å². The summed E-state index contributed by atoms with van der Waals surface area (Å²) >= 11 is 0. The van der Waals surface area contributed by atoms with Gasteiger partial charge in [0.15, 0.2) is 0 Å². The second-order valence-corrected chi connectivity index (χ2v) is 3.61. The first-order valence-corrected chi connectivity index (χ1v) is 5.27. The smallest absolute Gasteiger partial charge is 0.0680 e. The minimum atomic E-state index is 1.01. The highest BCUT2D eigenvalue weighted by Gasteiger charge is 2.05. The van der Waals surface area contributed by atoms with E-state index in [0.29, 0.717) is 0 Å². The average Bonchev–Trinajstić information content (AvgIpc) is 2.67. The highest BCUT2D eigenvalue weighted by Crippen LogP contribution is 2.15. The van der Waals surface area contributed by atoms with Crippen LogP contribution in [0.4, 0.5) is 0 Å². The fourth-order valence-corrected chi connectivity index (χ4v) is 1.71. The van der Waals surface area contributed by atoms with Crippen molar-refractivity contribution in [3.63, 3.8) is 0 Å². The molecule has 2 heteroatoms. The number of hydrogen-bond donors (Lipinski definition) is 0. The fraction of sp³-hybridized carbons (Fsp3) is 0.231. The lowest BCUT2D eigenvalue weighted by atomic mass is 10.2. The Balaban J connectivity index is 2.45. The largest absolute Gasteiger partial charge is 0.238 e. The molecule has 0 unspecified atom stereocenters. The summed E-state index contributed by atoms with van der Waals surface area (Å²) < 4.78 is 1.98.